The van der Waals surface area contributed by atoms with Gasteiger partial charge >= 0.3 is 0 Å². The first-order chi connectivity index (χ1) is 18.3. The Morgan fingerprint density at radius 2 is 1.55 bits per heavy atom. The normalized spacial score (nSPS) is 13.9. The average Bonchev–Trinajstić information content (AvgIpc) is 3.18. The van der Waals surface area contributed by atoms with Crippen molar-refractivity contribution in [3.63, 3.8) is 0 Å². The third-order valence-electron chi connectivity index (χ3n) is 6.64. The first kappa shape index (κ1) is 27.2. The van der Waals surface area contributed by atoms with E-state index >= 15 is 0 Å². The van der Waals surface area contributed by atoms with Gasteiger partial charge in [-0.1, -0.05) is 13.8 Å². The molecule has 0 unspecified atom stereocenters. The fraction of sp³-hybridized carbons (Fsp3) is 0.379. The van der Waals surface area contributed by atoms with E-state index in [2.05, 4.69) is 28.9 Å². The molecule has 0 atom stereocenters. The van der Waals surface area contributed by atoms with E-state index in [0.29, 0.717) is 43.4 Å². The molecule has 3 aromatic rings. The Morgan fingerprint density at radius 1 is 0.868 bits per heavy atom. The van der Waals surface area contributed by atoms with E-state index in [4.69, 9.17) is 0 Å². The van der Waals surface area contributed by atoms with Gasteiger partial charge in [0.1, 0.15) is 18.2 Å². The Kier molecular flexibility index (Phi) is 8.99. The van der Waals surface area contributed by atoms with Crippen LogP contribution in [-0.2, 0) is 4.79 Å². The molecule has 1 aromatic heterocycles. The number of halogens is 2. The lowest BCUT2D eigenvalue weighted by atomic mass is 10.1. The highest BCUT2D eigenvalue weighted by Gasteiger charge is 2.25. The van der Waals surface area contributed by atoms with Crippen LogP contribution in [0.4, 0.5) is 14.6 Å². The summed E-state index contributed by atoms with van der Waals surface area (Å²) in [6.07, 6.45) is 1.52. The number of carbonyl (C=O) groups excluding carboxylic acids is 2. The molecule has 38 heavy (non-hydrogen) atoms. The lowest BCUT2D eigenvalue weighted by Gasteiger charge is -2.27. The fourth-order valence-electron chi connectivity index (χ4n) is 4.37. The second kappa shape index (κ2) is 12.6. The van der Waals surface area contributed by atoms with Crippen molar-refractivity contribution >= 4 is 17.6 Å². The zero-order chi connectivity index (χ0) is 27.1. The van der Waals surface area contributed by atoms with E-state index in [0.717, 1.165) is 30.8 Å². The monoisotopic (exact) mass is 521 g/mol. The molecule has 7 nitrogen and oxygen atoms in total. The molecule has 2 amide bonds. The summed E-state index contributed by atoms with van der Waals surface area (Å²) < 4.78 is 26.6. The molecule has 0 radical (unpaired) electrons. The van der Waals surface area contributed by atoms with E-state index in [1.807, 2.05) is 12.1 Å². The summed E-state index contributed by atoms with van der Waals surface area (Å²) in [6.45, 7) is 6.97. The van der Waals surface area contributed by atoms with Crippen molar-refractivity contribution in [2.24, 2.45) is 5.92 Å². The summed E-state index contributed by atoms with van der Waals surface area (Å²) >= 11 is 0. The molecule has 4 rings (SSSR count). The van der Waals surface area contributed by atoms with Crippen LogP contribution in [0.3, 0.4) is 0 Å². The van der Waals surface area contributed by atoms with E-state index in [-0.39, 0.29) is 24.2 Å². The summed E-state index contributed by atoms with van der Waals surface area (Å²) in [5.41, 5.74) is 1.82. The van der Waals surface area contributed by atoms with Crippen molar-refractivity contribution in [1.82, 2.24) is 20.0 Å². The average molecular weight is 522 g/mol. The Balaban J connectivity index is 1.38. The predicted octanol–water partition coefficient (Wildman–Crippen LogP) is 4.65. The van der Waals surface area contributed by atoms with E-state index in [1.54, 1.807) is 21.9 Å². The molecule has 2 aromatic carbocycles. The van der Waals surface area contributed by atoms with Crippen LogP contribution in [0.5, 0.6) is 0 Å². The molecule has 0 aliphatic carbocycles. The van der Waals surface area contributed by atoms with Gasteiger partial charge in [-0.05, 0) is 79.4 Å². The molecule has 0 spiro atoms. The minimum atomic E-state index is -0.407. The van der Waals surface area contributed by atoms with Crippen molar-refractivity contribution in [2.45, 2.75) is 26.7 Å². The van der Waals surface area contributed by atoms with Crippen LogP contribution in [-0.4, -0.2) is 71.1 Å². The zero-order valence-corrected chi connectivity index (χ0v) is 21.8. The van der Waals surface area contributed by atoms with Gasteiger partial charge in [-0.15, -0.1) is 10.2 Å². The molecule has 1 aliphatic heterocycles. The number of aromatic nitrogens is 2. The number of rotatable bonds is 8. The quantitative estimate of drug-likeness (QED) is 0.432. The summed E-state index contributed by atoms with van der Waals surface area (Å²) in [5.74, 6) is 0.00188. The first-order valence-corrected chi connectivity index (χ1v) is 13.0. The maximum absolute atomic E-state index is 13.4. The second-order valence-electron chi connectivity index (χ2n) is 9.92. The van der Waals surface area contributed by atoms with Crippen molar-refractivity contribution in [2.75, 3.05) is 44.2 Å². The Hall–Kier alpha value is -3.88. The van der Waals surface area contributed by atoms with Gasteiger partial charge in [0.15, 0.2) is 5.82 Å². The van der Waals surface area contributed by atoms with Gasteiger partial charge in [0, 0.05) is 43.9 Å². The third-order valence-corrected chi connectivity index (χ3v) is 6.64. The van der Waals surface area contributed by atoms with Gasteiger partial charge in [0.25, 0.3) is 5.91 Å². The highest BCUT2D eigenvalue weighted by molar-refractivity contribution is 5.96. The number of carbonyl (C=O) groups is 2. The molecule has 1 saturated heterocycles. The van der Waals surface area contributed by atoms with Crippen molar-refractivity contribution < 1.29 is 18.4 Å². The molecule has 0 saturated carbocycles. The van der Waals surface area contributed by atoms with E-state index in [9.17, 15) is 18.4 Å². The van der Waals surface area contributed by atoms with Crippen molar-refractivity contribution in [3.05, 3.63) is 77.9 Å². The van der Waals surface area contributed by atoms with Gasteiger partial charge in [-0.3, -0.25) is 9.59 Å². The standard InChI is InChI=1S/C29H33F2N5O2/c1-21(2)14-17-36(29(38)23-6-10-25(31)11-7-23)20-28(37)35-16-3-15-34(18-19-35)27-13-12-26(32-33-27)22-4-8-24(30)9-5-22/h4-13,21H,3,14-20H2,1-2H3. The van der Waals surface area contributed by atoms with Crippen LogP contribution in [0.2, 0.25) is 0 Å². The maximum atomic E-state index is 13.4. The molecule has 0 N–H and O–H groups in total. The molecule has 1 fully saturated rings. The summed E-state index contributed by atoms with van der Waals surface area (Å²) in [5, 5.41) is 8.67. The second-order valence-corrected chi connectivity index (χ2v) is 9.92. The van der Waals surface area contributed by atoms with Crippen LogP contribution in [0, 0.1) is 17.6 Å². The lowest BCUT2D eigenvalue weighted by molar-refractivity contribution is -0.131. The van der Waals surface area contributed by atoms with Crippen LogP contribution in [0.1, 0.15) is 37.0 Å². The van der Waals surface area contributed by atoms with E-state index < -0.39 is 5.82 Å². The largest absolute Gasteiger partial charge is 0.353 e. The number of benzene rings is 2. The van der Waals surface area contributed by atoms with Gasteiger partial charge in [-0.2, -0.15) is 0 Å². The molecular weight excluding hydrogens is 488 g/mol. The molecule has 1 aliphatic rings. The summed E-state index contributed by atoms with van der Waals surface area (Å²) in [6, 6.07) is 15.3. The number of amides is 2. The Labute approximate surface area is 222 Å². The zero-order valence-electron chi connectivity index (χ0n) is 21.8. The Morgan fingerprint density at radius 3 is 2.18 bits per heavy atom. The minimum Gasteiger partial charge on any atom is -0.353 e. The van der Waals surface area contributed by atoms with Gasteiger partial charge in [-0.25, -0.2) is 8.78 Å². The fourth-order valence-corrected chi connectivity index (χ4v) is 4.37. The lowest BCUT2D eigenvalue weighted by Crippen LogP contribution is -2.44. The topological polar surface area (TPSA) is 69.6 Å². The number of nitrogens with zero attached hydrogens (tertiary/aromatic N) is 5. The molecule has 0 bridgehead atoms. The smallest absolute Gasteiger partial charge is 0.254 e. The van der Waals surface area contributed by atoms with Gasteiger partial charge in [0.05, 0.1) is 5.69 Å². The maximum Gasteiger partial charge on any atom is 0.254 e. The number of hydrogen-bond acceptors (Lipinski definition) is 5. The highest BCUT2D eigenvalue weighted by Crippen LogP contribution is 2.20. The van der Waals surface area contributed by atoms with Gasteiger partial charge in [0.2, 0.25) is 5.91 Å². The molecule has 200 valence electrons. The number of anilines is 1. The first-order valence-electron chi connectivity index (χ1n) is 13.0. The highest BCUT2D eigenvalue weighted by atomic mass is 19.1. The van der Waals surface area contributed by atoms with E-state index in [1.165, 1.54) is 36.4 Å². The van der Waals surface area contributed by atoms with Crippen molar-refractivity contribution in [1.29, 1.82) is 0 Å². The Bertz CT molecular complexity index is 1220. The van der Waals surface area contributed by atoms with Crippen LogP contribution < -0.4 is 4.90 Å². The van der Waals surface area contributed by atoms with Crippen LogP contribution in [0.25, 0.3) is 11.3 Å². The summed E-state index contributed by atoms with van der Waals surface area (Å²) in [4.78, 5) is 31.8. The number of hydrogen-bond donors (Lipinski definition) is 0. The molecule has 2 heterocycles. The van der Waals surface area contributed by atoms with Crippen molar-refractivity contribution in [3.8, 4) is 11.3 Å². The van der Waals surface area contributed by atoms with Gasteiger partial charge < -0.3 is 14.7 Å². The summed E-state index contributed by atoms with van der Waals surface area (Å²) in [7, 11) is 0. The molecular formula is C29H33F2N5O2. The minimum absolute atomic E-state index is 0.0187. The SMILES string of the molecule is CC(C)CCN(CC(=O)N1CCCN(c2ccc(-c3ccc(F)cc3)nn2)CC1)C(=O)c1ccc(F)cc1. The van der Waals surface area contributed by atoms with Crippen LogP contribution in [0.15, 0.2) is 60.7 Å². The molecule has 9 heteroatoms. The van der Waals surface area contributed by atoms with Crippen LogP contribution >= 0.6 is 0 Å². The predicted molar refractivity (Wildman–Crippen MR) is 143 cm³/mol. The third kappa shape index (κ3) is 7.12.